The second kappa shape index (κ2) is 7.09. The van der Waals surface area contributed by atoms with Gasteiger partial charge in [0.1, 0.15) is 5.75 Å². The van der Waals surface area contributed by atoms with E-state index in [0.29, 0.717) is 18.1 Å². The zero-order chi connectivity index (χ0) is 14.5. The molecule has 0 spiro atoms. The van der Waals surface area contributed by atoms with Crippen LogP contribution in [0.5, 0.6) is 5.75 Å². The summed E-state index contributed by atoms with van der Waals surface area (Å²) < 4.78 is 11.3. The Morgan fingerprint density at radius 1 is 1.45 bits per heavy atom. The molecule has 3 nitrogen and oxygen atoms in total. The minimum Gasteiger partial charge on any atom is -0.496 e. The Morgan fingerprint density at radius 2 is 2.25 bits per heavy atom. The Bertz CT molecular complexity index is 433. The van der Waals surface area contributed by atoms with Crippen molar-refractivity contribution >= 4 is 0 Å². The standard InChI is InChI=1S/C17H27NO2/c1-5-16-14(8-9-20-16)15(18-3)11-13-10-12(2)6-7-17(13)19-4/h6-7,10,14-16,18H,5,8-9,11H2,1-4H3. The Morgan fingerprint density at radius 3 is 2.90 bits per heavy atom. The van der Waals surface area contributed by atoms with Crippen LogP contribution < -0.4 is 10.1 Å². The number of benzene rings is 1. The number of nitrogens with one attached hydrogen (secondary N) is 1. The lowest BCUT2D eigenvalue weighted by Gasteiger charge is -2.27. The SMILES string of the molecule is CCC1OCCC1C(Cc1cc(C)ccc1OC)NC. The first-order chi connectivity index (χ1) is 9.69. The lowest BCUT2D eigenvalue weighted by Crippen LogP contribution is -2.39. The predicted molar refractivity (Wildman–Crippen MR) is 82.4 cm³/mol. The van der Waals surface area contributed by atoms with E-state index in [4.69, 9.17) is 9.47 Å². The molecule has 2 rings (SSSR count). The normalized spacial score (nSPS) is 23.8. The number of likely N-dealkylation sites (N-methyl/N-ethyl adjacent to an activating group) is 1. The first-order valence-electron chi connectivity index (χ1n) is 7.62. The van der Waals surface area contributed by atoms with Crippen molar-refractivity contribution in [3.05, 3.63) is 29.3 Å². The van der Waals surface area contributed by atoms with Gasteiger partial charge in [-0.05, 0) is 44.9 Å². The summed E-state index contributed by atoms with van der Waals surface area (Å²) >= 11 is 0. The van der Waals surface area contributed by atoms with Crippen LogP contribution in [0.2, 0.25) is 0 Å². The highest BCUT2D eigenvalue weighted by Crippen LogP contribution is 2.30. The Labute approximate surface area is 122 Å². The van der Waals surface area contributed by atoms with Crippen LogP contribution in [0.25, 0.3) is 0 Å². The van der Waals surface area contributed by atoms with Crippen LogP contribution in [0.1, 0.15) is 30.9 Å². The maximum absolute atomic E-state index is 5.84. The molecule has 1 saturated heterocycles. The molecule has 20 heavy (non-hydrogen) atoms. The average molecular weight is 277 g/mol. The first-order valence-corrected chi connectivity index (χ1v) is 7.62. The molecule has 1 aromatic carbocycles. The number of hydrogen-bond acceptors (Lipinski definition) is 3. The van der Waals surface area contributed by atoms with Crippen molar-refractivity contribution in [2.24, 2.45) is 5.92 Å². The van der Waals surface area contributed by atoms with Crippen molar-refractivity contribution in [3.63, 3.8) is 0 Å². The monoisotopic (exact) mass is 277 g/mol. The molecular formula is C17H27NO2. The molecule has 0 radical (unpaired) electrons. The van der Waals surface area contributed by atoms with Crippen molar-refractivity contribution in [2.75, 3.05) is 20.8 Å². The molecule has 0 amide bonds. The van der Waals surface area contributed by atoms with Gasteiger partial charge in [0, 0.05) is 18.6 Å². The topological polar surface area (TPSA) is 30.5 Å². The van der Waals surface area contributed by atoms with Crippen LogP contribution in [0.15, 0.2) is 18.2 Å². The molecule has 1 aliphatic heterocycles. The molecular weight excluding hydrogens is 250 g/mol. The zero-order valence-corrected chi connectivity index (χ0v) is 13.1. The molecule has 0 bridgehead atoms. The minimum atomic E-state index is 0.392. The van der Waals surface area contributed by atoms with Gasteiger partial charge in [0.2, 0.25) is 0 Å². The van der Waals surface area contributed by atoms with Gasteiger partial charge in [-0.15, -0.1) is 0 Å². The highest BCUT2D eigenvalue weighted by molar-refractivity contribution is 5.37. The third-order valence-corrected chi connectivity index (χ3v) is 4.43. The van der Waals surface area contributed by atoms with E-state index in [-0.39, 0.29) is 0 Å². The quantitative estimate of drug-likeness (QED) is 0.867. The molecule has 1 heterocycles. The highest BCUT2D eigenvalue weighted by Gasteiger charge is 2.33. The molecule has 3 heteroatoms. The Kier molecular flexibility index (Phi) is 5.44. The molecule has 1 N–H and O–H groups in total. The van der Waals surface area contributed by atoms with Gasteiger partial charge in [0.05, 0.1) is 13.2 Å². The molecule has 112 valence electrons. The summed E-state index contributed by atoms with van der Waals surface area (Å²) in [5, 5.41) is 3.49. The van der Waals surface area contributed by atoms with Crippen molar-refractivity contribution in [1.82, 2.24) is 5.32 Å². The van der Waals surface area contributed by atoms with E-state index in [2.05, 4.69) is 44.4 Å². The van der Waals surface area contributed by atoms with E-state index in [0.717, 1.165) is 31.6 Å². The average Bonchev–Trinajstić information content (AvgIpc) is 2.93. The zero-order valence-electron chi connectivity index (χ0n) is 13.1. The largest absolute Gasteiger partial charge is 0.496 e. The molecule has 1 aromatic rings. The van der Waals surface area contributed by atoms with Gasteiger partial charge in [-0.3, -0.25) is 0 Å². The van der Waals surface area contributed by atoms with Crippen LogP contribution in [0.4, 0.5) is 0 Å². The van der Waals surface area contributed by atoms with Gasteiger partial charge in [-0.2, -0.15) is 0 Å². The van der Waals surface area contributed by atoms with Gasteiger partial charge >= 0.3 is 0 Å². The summed E-state index contributed by atoms with van der Waals surface area (Å²) in [5.41, 5.74) is 2.57. The van der Waals surface area contributed by atoms with E-state index >= 15 is 0 Å². The summed E-state index contributed by atoms with van der Waals surface area (Å²) in [4.78, 5) is 0. The number of aryl methyl sites for hydroxylation is 1. The molecule has 3 atom stereocenters. The fraction of sp³-hybridized carbons (Fsp3) is 0.647. The molecule has 1 aliphatic rings. The van der Waals surface area contributed by atoms with Crippen LogP contribution in [-0.2, 0) is 11.2 Å². The van der Waals surface area contributed by atoms with Crippen LogP contribution in [0.3, 0.4) is 0 Å². The fourth-order valence-corrected chi connectivity index (χ4v) is 3.32. The van der Waals surface area contributed by atoms with Crippen LogP contribution in [0, 0.1) is 12.8 Å². The lowest BCUT2D eigenvalue weighted by molar-refractivity contribution is 0.0782. The Balaban J connectivity index is 2.15. The van der Waals surface area contributed by atoms with Crippen molar-refractivity contribution in [1.29, 1.82) is 0 Å². The number of hydrogen-bond donors (Lipinski definition) is 1. The summed E-state index contributed by atoms with van der Waals surface area (Å²) in [6.07, 6.45) is 3.63. The first kappa shape index (κ1) is 15.3. The van der Waals surface area contributed by atoms with Gasteiger partial charge in [0.25, 0.3) is 0 Å². The van der Waals surface area contributed by atoms with Crippen LogP contribution in [-0.4, -0.2) is 32.9 Å². The van der Waals surface area contributed by atoms with E-state index in [1.54, 1.807) is 7.11 Å². The second-order valence-corrected chi connectivity index (χ2v) is 5.68. The number of rotatable bonds is 6. The van der Waals surface area contributed by atoms with Crippen LogP contribution >= 0.6 is 0 Å². The van der Waals surface area contributed by atoms with Gasteiger partial charge in [0.15, 0.2) is 0 Å². The smallest absolute Gasteiger partial charge is 0.122 e. The highest BCUT2D eigenvalue weighted by atomic mass is 16.5. The summed E-state index contributed by atoms with van der Waals surface area (Å²) in [6, 6.07) is 6.85. The lowest BCUT2D eigenvalue weighted by atomic mass is 9.87. The van der Waals surface area contributed by atoms with Gasteiger partial charge in [-0.1, -0.05) is 24.6 Å². The third kappa shape index (κ3) is 3.33. The number of ether oxygens (including phenoxy) is 2. The van der Waals surface area contributed by atoms with Crippen molar-refractivity contribution < 1.29 is 9.47 Å². The maximum Gasteiger partial charge on any atom is 0.122 e. The van der Waals surface area contributed by atoms with E-state index < -0.39 is 0 Å². The maximum atomic E-state index is 5.84. The summed E-state index contributed by atoms with van der Waals surface area (Å²) in [5.74, 6) is 1.58. The molecule has 0 saturated carbocycles. The van der Waals surface area contributed by atoms with E-state index in [9.17, 15) is 0 Å². The summed E-state index contributed by atoms with van der Waals surface area (Å²) in [6.45, 7) is 5.24. The van der Waals surface area contributed by atoms with Gasteiger partial charge < -0.3 is 14.8 Å². The molecule has 3 unspecified atom stereocenters. The summed E-state index contributed by atoms with van der Waals surface area (Å²) in [7, 11) is 3.80. The molecule has 1 fully saturated rings. The van der Waals surface area contributed by atoms with Gasteiger partial charge in [-0.25, -0.2) is 0 Å². The second-order valence-electron chi connectivity index (χ2n) is 5.68. The predicted octanol–water partition coefficient (Wildman–Crippen LogP) is 2.95. The van der Waals surface area contributed by atoms with Crippen molar-refractivity contribution in [2.45, 2.75) is 45.3 Å². The molecule has 0 aromatic heterocycles. The third-order valence-electron chi connectivity index (χ3n) is 4.43. The number of methoxy groups -OCH3 is 1. The van der Waals surface area contributed by atoms with Crippen molar-refractivity contribution in [3.8, 4) is 5.75 Å². The van der Waals surface area contributed by atoms with E-state index in [1.165, 1.54) is 11.1 Å². The molecule has 0 aliphatic carbocycles. The van der Waals surface area contributed by atoms with E-state index in [1.807, 2.05) is 0 Å². The Hall–Kier alpha value is -1.06. The fourth-order valence-electron chi connectivity index (χ4n) is 3.32. The minimum absolute atomic E-state index is 0.392.